The van der Waals surface area contributed by atoms with Crippen molar-refractivity contribution < 1.29 is 9.90 Å². The zero-order chi connectivity index (χ0) is 11.3. The minimum Gasteiger partial charge on any atom is -0.476 e. The number of hydrogen-bond acceptors (Lipinski definition) is 3. The first-order valence-electron chi connectivity index (χ1n) is 4.90. The van der Waals surface area contributed by atoms with E-state index < -0.39 is 5.97 Å². The van der Waals surface area contributed by atoms with Crippen LogP contribution in [0.5, 0.6) is 0 Å². The molecule has 80 valence electrons. The average molecular weight is 207 g/mol. The van der Waals surface area contributed by atoms with Crippen LogP contribution in [0.3, 0.4) is 0 Å². The number of aromatic nitrogens is 2. The maximum Gasteiger partial charge on any atom is 0.355 e. The lowest BCUT2D eigenvalue weighted by Gasteiger charge is -2.03. The van der Waals surface area contributed by atoms with Crippen molar-refractivity contribution in [3.8, 4) is 6.07 Å². The molecule has 15 heavy (non-hydrogen) atoms. The highest BCUT2D eigenvalue weighted by molar-refractivity contribution is 5.88. The molecule has 5 heteroatoms. The Bertz CT molecular complexity index is 390. The first-order valence-corrected chi connectivity index (χ1v) is 4.90. The summed E-state index contributed by atoms with van der Waals surface area (Å²) in [5.74, 6) is -1.10. The molecule has 0 aliphatic carbocycles. The van der Waals surface area contributed by atoms with Crippen LogP contribution in [0.15, 0.2) is 6.20 Å². The minimum atomic E-state index is -1.10. The zero-order valence-corrected chi connectivity index (χ0v) is 8.60. The highest BCUT2D eigenvalue weighted by Crippen LogP contribution is 2.09. The molecule has 0 bridgehead atoms. The molecular weight excluding hydrogens is 194 g/mol. The number of nitriles is 1. The van der Waals surface area contributed by atoms with Crippen molar-refractivity contribution in [2.75, 3.05) is 0 Å². The third-order valence-corrected chi connectivity index (χ3v) is 2.14. The summed E-state index contributed by atoms with van der Waals surface area (Å²) in [7, 11) is 0. The van der Waals surface area contributed by atoms with Gasteiger partial charge in [-0.1, -0.05) is 19.8 Å². The number of carbonyl (C=O) groups is 1. The molecule has 1 aromatic heterocycles. The van der Waals surface area contributed by atoms with Gasteiger partial charge in [0.25, 0.3) is 0 Å². The summed E-state index contributed by atoms with van der Waals surface area (Å²) in [5.41, 5.74) is 0.118. The van der Waals surface area contributed by atoms with E-state index in [1.54, 1.807) is 0 Å². The van der Waals surface area contributed by atoms with Crippen LogP contribution in [0.25, 0.3) is 0 Å². The molecule has 5 nitrogen and oxygen atoms in total. The van der Waals surface area contributed by atoms with E-state index in [1.807, 2.05) is 6.07 Å². The molecule has 1 rings (SSSR count). The van der Waals surface area contributed by atoms with Crippen molar-refractivity contribution in [3.05, 3.63) is 17.5 Å². The molecule has 0 atom stereocenters. The van der Waals surface area contributed by atoms with E-state index in [0.29, 0.717) is 6.54 Å². The Morgan fingerprint density at radius 2 is 2.40 bits per heavy atom. The fraction of sp³-hybridized carbons (Fsp3) is 0.500. The van der Waals surface area contributed by atoms with Crippen molar-refractivity contribution in [1.82, 2.24) is 9.78 Å². The highest BCUT2D eigenvalue weighted by atomic mass is 16.4. The van der Waals surface area contributed by atoms with Crippen LogP contribution in [0.4, 0.5) is 0 Å². The van der Waals surface area contributed by atoms with Gasteiger partial charge in [-0.15, -0.1) is 0 Å². The molecule has 0 fully saturated rings. The van der Waals surface area contributed by atoms with Crippen LogP contribution < -0.4 is 0 Å². The van der Waals surface area contributed by atoms with Crippen molar-refractivity contribution in [2.24, 2.45) is 0 Å². The van der Waals surface area contributed by atoms with Crippen LogP contribution in [-0.4, -0.2) is 20.9 Å². The number of aryl methyl sites for hydroxylation is 1. The van der Waals surface area contributed by atoms with E-state index in [1.165, 1.54) is 10.9 Å². The quantitative estimate of drug-likeness (QED) is 0.744. The lowest BCUT2D eigenvalue weighted by molar-refractivity contribution is 0.0682. The van der Waals surface area contributed by atoms with Gasteiger partial charge in [-0.2, -0.15) is 10.4 Å². The summed E-state index contributed by atoms with van der Waals surface area (Å²) in [6, 6.07) is 1.82. The van der Waals surface area contributed by atoms with Crippen molar-refractivity contribution in [2.45, 2.75) is 32.7 Å². The number of rotatable bonds is 5. The molecule has 0 aliphatic heterocycles. The lowest BCUT2D eigenvalue weighted by atomic mass is 10.2. The first kappa shape index (κ1) is 11.2. The maximum atomic E-state index is 10.9. The third-order valence-electron chi connectivity index (χ3n) is 2.14. The summed E-state index contributed by atoms with van der Waals surface area (Å²) >= 11 is 0. The number of unbranched alkanes of at least 4 members (excludes halogenated alkanes) is 2. The topological polar surface area (TPSA) is 78.9 Å². The van der Waals surface area contributed by atoms with Gasteiger partial charge >= 0.3 is 5.97 Å². The van der Waals surface area contributed by atoms with Gasteiger partial charge in [-0.05, 0) is 6.42 Å². The third kappa shape index (κ3) is 2.56. The van der Waals surface area contributed by atoms with Gasteiger partial charge in [-0.25, -0.2) is 4.79 Å². The van der Waals surface area contributed by atoms with E-state index >= 15 is 0 Å². The molecule has 0 aromatic carbocycles. The van der Waals surface area contributed by atoms with E-state index in [4.69, 9.17) is 10.4 Å². The van der Waals surface area contributed by atoms with Gasteiger partial charge in [0.1, 0.15) is 11.6 Å². The fourth-order valence-electron chi connectivity index (χ4n) is 1.37. The van der Waals surface area contributed by atoms with E-state index in [9.17, 15) is 4.79 Å². The van der Waals surface area contributed by atoms with Gasteiger partial charge < -0.3 is 5.11 Å². The van der Waals surface area contributed by atoms with Gasteiger partial charge in [0.15, 0.2) is 5.69 Å². The summed E-state index contributed by atoms with van der Waals surface area (Å²) < 4.78 is 1.39. The molecular formula is C10H13N3O2. The second-order valence-electron chi connectivity index (χ2n) is 3.25. The molecule has 0 amide bonds. The molecule has 0 saturated carbocycles. The summed E-state index contributed by atoms with van der Waals surface area (Å²) in [6.45, 7) is 2.62. The smallest absolute Gasteiger partial charge is 0.355 e. The van der Waals surface area contributed by atoms with Crippen molar-refractivity contribution >= 4 is 5.97 Å². The zero-order valence-electron chi connectivity index (χ0n) is 8.60. The van der Waals surface area contributed by atoms with Gasteiger partial charge in [0.2, 0.25) is 0 Å². The minimum absolute atomic E-state index is 0.00592. The second-order valence-corrected chi connectivity index (χ2v) is 3.25. The molecule has 0 unspecified atom stereocenters. The number of nitrogens with zero attached hydrogens (tertiary/aromatic N) is 3. The molecule has 0 radical (unpaired) electrons. The summed E-state index contributed by atoms with van der Waals surface area (Å²) in [4.78, 5) is 10.9. The van der Waals surface area contributed by atoms with Crippen LogP contribution in [0.1, 0.15) is 42.2 Å². The Balaban J connectivity index is 2.84. The predicted molar refractivity (Wildman–Crippen MR) is 53.4 cm³/mol. The van der Waals surface area contributed by atoms with Gasteiger partial charge in [-0.3, -0.25) is 4.68 Å². The van der Waals surface area contributed by atoms with Crippen LogP contribution in [0, 0.1) is 11.3 Å². The second kappa shape index (κ2) is 5.15. The van der Waals surface area contributed by atoms with Crippen molar-refractivity contribution in [3.63, 3.8) is 0 Å². The Morgan fingerprint density at radius 1 is 1.67 bits per heavy atom. The Kier molecular flexibility index (Phi) is 3.86. The van der Waals surface area contributed by atoms with Gasteiger partial charge in [0.05, 0.1) is 6.20 Å². The predicted octanol–water partition coefficient (Wildman–Crippen LogP) is 1.64. The monoisotopic (exact) mass is 207 g/mol. The summed E-state index contributed by atoms with van der Waals surface area (Å²) in [6.07, 6.45) is 4.27. The highest BCUT2D eigenvalue weighted by Gasteiger charge is 2.16. The number of carboxylic acid groups (broad SMARTS) is 1. The number of aromatic carboxylic acids is 1. The Labute approximate surface area is 87.9 Å². The number of hydrogen-bond donors (Lipinski definition) is 1. The standard InChI is InChI=1S/C10H13N3O2/c1-2-3-4-5-13-9(10(14)15)8(6-11)7-12-13/h7H,2-5H2,1H3,(H,14,15). The number of carboxylic acids is 1. The van der Waals surface area contributed by atoms with Crippen molar-refractivity contribution in [1.29, 1.82) is 5.26 Å². The molecule has 1 N–H and O–H groups in total. The molecule has 0 saturated heterocycles. The SMILES string of the molecule is CCCCCn1ncc(C#N)c1C(=O)O. The molecule has 1 aromatic rings. The maximum absolute atomic E-state index is 10.9. The van der Waals surface area contributed by atoms with E-state index in [-0.39, 0.29) is 11.3 Å². The van der Waals surface area contributed by atoms with E-state index in [0.717, 1.165) is 19.3 Å². The largest absolute Gasteiger partial charge is 0.476 e. The fourth-order valence-corrected chi connectivity index (χ4v) is 1.37. The van der Waals surface area contributed by atoms with Crippen LogP contribution in [-0.2, 0) is 6.54 Å². The van der Waals surface area contributed by atoms with E-state index in [2.05, 4.69) is 12.0 Å². The van der Waals surface area contributed by atoms with Crippen LogP contribution in [0.2, 0.25) is 0 Å². The Morgan fingerprint density at radius 3 is 2.93 bits per heavy atom. The lowest BCUT2D eigenvalue weighted by Crippen LogP contribution is -2.11. The Hall–Kier alpha value is -1.83. The summed E-state index contributed by atoms with van der Waals surface area (Å²) in [5, 5.41) is 21.5. The molecule has 0 aliphatic rings. The van der Waals surface area contributed by atoms with Gasteiger partial charge in [0, 0.05) is 6.54 Å². The van der Waals surface area contributed by atoms with Crippen LogP contribution >= 0.6 is 0 Å². The average Bonchev–Trinajstić information content (AvgIpc) is 2.61. The molecule has 1 heterocycles. The normalized spacial score (nSPS) is 9.87. The first-order chi connectivity index (χ1) is 7.20. The molecule has 0 spiro atoms.